The van der Waals surface area contributed by atoms with Crippen molar-refractivity contribution in [2.24, 2.45) is 0 Å². The Balaban J connectivity index is 1.62. The highest BCUT2D eigenvalue weighted by Gasteiger charge is 2.11. The van der Waals surface area contributed by atoms with Crippen LogP contribution in [0.15, 0.2) is 60.0 Å². The van der Waals surface area contributed by atoms with Crippen LogP contribution in [0, 0.1) is 6.92 Å². The Morgan fingerprint density at radius 1 is 1.09 bits per heavy atom. The van der Waals surface area contributed by atoms with Crippen LogP contribution in [0.5, 0.6) is 0 Å². The number of rotatable bonds is 5. The lowest BCUT2D eigenvalue weighted by Gasteiger charge is -2.05. The maximum Gasteiger partial charge on any atom is 0.271 e. The molecule has 0 radical (unpaired) electrons. The fourth-order valence-electron chi connectivity index (χ4n) is 2.13. The van der Waals surface area contributed by atoms with Crippen molar-refractivity contribution in [3.05, 3.63) is 76.8 Å². The Labute approximate surface area is 139 Å². The van der Waals surface area contributed by atoms with E-state index in [2.05, 4.69) is 15.6 Å². The minimum atomic E-state index is -0.164. The molecule has 0 atom stereocenters. The average molecular weight is 323 g/mol. The molecule has 2 aromatic carbocycles. The normalized spacial score (nSPS) is 10.3. The predicted octanol–water partition coefficient (Wildman–Crippen LogP) is 4.13. The molecule has 0 aliphatic carbocycles. The monoisotopic (exact) mass is 323 g/mol. The minimum Gasteiger partial charge on any atom is -0.347 e. The number of nitrogens with zero attached hydrogens (tertiary/aromatic N) is 1. The summed E-state index contributed by atoms with van der Waals surface area (Å²) in [6.45, 7) is 2.53. The molecule has 1 aromatic heterocycles. The standard InChI is InChI=1S/C18H17N3OS/c1-13-7-5-6-10-15(13)20-18-21-16(12-23-18)17(22)19-11-14-8-3-2-4-9-14/h2-10,12H,11H2,1H3,(H,19,22)(H,20,21). The summed E-state index contributed by atoms with van der Waals surface area (Å²) in [5.74, 6) is -0.164. The van der Waals surface area contributed by atoms with Crippen LogP contribution >= 0.6 is 11.3 Å². The number of para-hydroxylation sites is 1. The molecule has 4 nitrogen and oxygen atoms in total. The number of amides is 1. The van der Waals surface area contributed by atoms with Crippen LogP contribution < -0.4 is 10.6 Å². The lowest BCUT2D eigenvalue weighted by molar-refractivity contribution is 0.0946. The third-order valence-electron chi connectivity index (χ3n) is 3.42. The first-order valence-electron chi connectivity index (χ1n) is 7.32. The molecule has 5 heteroatoms. The molecule has 0 aliphatic heterocycles. The molecule has 0 spiro atoms. The van der Waals surface area contributed by atoms with Gasteiger partial charge in [0.05, 0.1) is 0 Å². The van der Waals surface area contributed by atoms with Gasteiger partial charge in [-0.2, -0.15) is 0 Å². The molecule has 0 bridgehead atoms. The molecule has 1 amide bonds. The van der Waals surface area contributed by atoms with E-state index in [0.717, 1.165) is 16.8 Å². The number of hydrogen-bond donors (Lipinski definition) is 2. The third kappa shape index (κ3) is 3.96. The van der Waals surface area contributed by atoms with Crippen LogP contribution in [0.25, 0.3) is 0 Å². The van der Waals surface area contributed by atoms with Crippen molar-refractivity contribution in [3.8, 4) is 0 Å². The van der Waals surface area contributed by atoms with Crippen molar-refractivity contribution in [1.82, 2.24) is 10.3 Å². The van der Waals surface area contributed by atoms with E-state index in [1.807, 2.05) is 61.5 Å². The summed E-state index contributed by atoms with van der Waals surface area (Å²) in [6, 6.07) is 17.8. The molecule has 0 saturated carbocycles. The highest BCUT2D eigenvalue weighted by molar-refractivity contribution is 7.14. The molecule has 2 N–H and O–H groups in total. The topological polar surface area (TPSA) is 54.0 Å². The fraction of sp³-hybridized carbons (Fsp3) is 0.111. The van der Waals surface area contributed by atoms with Crippen molar-refractivity contribution in [2.45, 2.75) is 13.5 Å². The summed E-state index contributed by atoms with van der Waals surface area (Å²) in [4.78, 5) is 16.5. The van der Waals surface area contributed by atoms with Gasteiger partial charge in [0.2, 0.25) is 0 Å². The number of thiazole rings is 1. The fourth-order valence-corrected chi connectivity index (χ4v) is 2.84. The first kappa shape index (κ1) is 15.2. The number of carbonyl (C=O) groups is 1. The second-order valence-electron chi connectivity index (χ2n) is 5.15. The highest BCUT2D eigenvalue weighted by Crippen LogP contribution is 2.23. The van der Waals surface area contributed by atoms with Gasteiger partial charge in [-0.1, -0.05) is 48.5 Å². The molecule has 3 rings (SSSR count). The number of anilines is 2. The number of nitrogens with one attached hydrogen (secondary N) is 2. The minimum absolute atomic E-state index is 0.164. The van der Waals surface area contributed by atoms with Crippen molar-refractivity contribution >= 4 is 28.1 Å². The molecule has 1 heterocycles. The molecular weight excluding hydrogens is 306 g/mol. The van der Waals surface area contributed by atoms with Crippen LogP contribution in [0.4, 0.5) is 10.8 Å². The van der Waals surface area contributed by atoms with E-state index in [0.29, 0.717) is 17.4 Å². The van der Waals surface area contributed by atoms with Crippen LogP contribution in [0.3, 0.4) is 0 Å². The van der Waals surface area contributed by atoms with Gasteiger partial charge in [-0.25, -0.2) is 4.98 Å². The first-order valence-corrected chi connectivity index (χ1v) is 8.20. The van der Waals surface area contributed by atoms with Crippen molar-refractivity contribution in [2.75, 3.05) is 5.32 Å². The van der Waals surface area contributed by atoms with Gasteiger partial charge in [0, 0.05) is 17.6 Å². The van der Waals surface area contributed by atoms with Crippen LogP contribution in [0.1, 0.15) is 21.6 Å². The summed E-state index contributed by atoms with van der Waals surface area (Å²) < 4.78 is 0. The van der Waals surface area contributed by atoms with Gasteiger partial charge in [0.25, 0.3) is 5.91 Å². The van der Waals surface area contributed by atoms with Gasteiger partial charge in [-0.15, -0.1) is 11.3 Å². The molecular formula is C18H17N3OS. The zero-order valence-electron chi connectivity index (χ0n) is 12.7. The van der Waals surface area contributed by atoms with E-state index in [-0.39, 0.29) is 5.91 Å². The van der Waals surface area contributed by atoms with E-state index in [1.165, 1.54) is 11.3 Å². The van der Waals surface area contributed by atoms with Gasteiger partial charge >= 0.3 is 0 Å². The van der Waals surface area contributed by atoms with Crippen molar-refractivity contribution in [3.63, 3.8) is 0 Å². The lowest BCUT2D eigenvalue weighted by atomic mass is 10.2. The average Bonchev–Trinajstić information content (AvgIpc) is 3.04. The van der Waals surface area contributed by atoms with E-state index in [9.17, 15) is 4.79 Å². The van der Waals surface area contributed by atoms with Crippen LogP contribution in [-0.4, -0.2) is 10.9 Å². The van der Waals surface area contributed by atoms with E-state index >= 15 is 0 Å². The summed E-state index contributed by atoms with van der Waals surface area (Å²) in [5.41, 5.74) is 3.63. The summed E-state index contributed by atoms with van der Waals surface area (Å²) in [6.07, 6.45) is 0. The number of benzene rings is 2. The quantitative estimate of drug-likeness (QED) is 0.742. The lowest BCUT2D eigenvalue weighted by Crippen LogP contribution is -2.23. The Kier molecular flexibility index (Phi) is 4.68. The van der Waals surface area contributed by atoms with E-state index in [4.69, 9.17) is 0 Å². The predicted molar refractivity (Wildman–Crippen MR) is 94.2 cm³/mol. The van der Waals surface area contributed by atoms with Gasteiger partial charge in [-0.05, 0) is 24.1 Å². The maximum atomic E-state index is 12.2. The molecule has 116 valence electrons. The summed E-state index contributed by atoms with van der Waals surface area (Å²) in [7, 11) is 0. The van der Waals surface area contributed by atoms with Crippen molar-refractivity contribution < 1.29 is 4.79 Å². The van der Waals surface area contributed by atoms with Gasteiger partial charge in [0.1, 0.15) is 5.69 Å². The molecule has 0 aliphatic rings. The SMILES string of the molecule is Cc1ccccc1Nc1nc(C(=O)NCc2ccccc2)cs1. The van der Waals surface area contributed by atoms with E-state index in [1.54, 1.807) is 5.38 Å². The van der Waals surface area contributed by atoms with E-state index < -0.39 is 0 Å². The van der Waals surface area contributed by atoms with Gasteiger partial charge in [0.15, 0.2) is 5.13 Å². The second kappa shape index (κ2) is 7.07. The van der Waals surface area contributed by atoms with Crippen LogP contribution in [-0.2, 0) is 6.54 Å². The Morgan fingerprint density at radius 3 is 2.61 bits per heavy atom. The molecule has 23 heavy (non-hydrogen) atoms. The molecule has 0 saturated heterocycles. The zero-order valence-corrected chi connectivity index (χ0v) is 13.6. The number of carbonyl (C=O) groups excluding carboxylic acids is 1. The molecule has 0 fully saturated rings. The summed E-state index contributed by atoms with van der Waals surface area (Å²) in [5, 5.41) is 8.61. The molecule has 3 aromatic rings. The largest absolute Gasteiger partial charge is 0.347 e. The number of hydrogen-bond acceptors (Lipinski definition) is 4. The molecule has 0 unspecified atom stereocenters. The Morgan fingerprint density at radius 2 is 1.83 bits per heavy atom. The number of aryl methyl sites for hydroxylation is 1. The Bertz CT molecular complexity index is 799. The maximum absolute atomic E-state index is 12.2. The van der Waals surface area contributed by atoms with Crippen LogP contribution in [0.2, 0.25) is 0 Å². The first-order chi connectivity index (χ1) is 11.2. The summed E-state index contributed by atoms with van der Waals surface area (Å²) >= 11 is 1.42. The van der Waals surface area contributed by atoms with Crippen molar-refractivity contribution in [1.29, 1.82) is 0 Å². The number of aromatic nitrogens is 1. The third-order valence-corrected chi connectivity index (χ3v) is 4.18. The zero-order chi connectivity index (χ0) is 16.1. The van der Waals surface area contributed by atoms with Gasteiger partial charge in [-0.3, -0.25) is 4.79 Å². The second-order valence-corrected chi connectivity index (χ2v) is 6.00. The highest BCUT2D eigenvalue weighted by atomic mass is 32.1. The Hall–Kier alpha value is -2.66. The van der Waals surface area contributed by atoms with Gasteiger partial charge < -0.3 is 10.6 Å². The smallest absolute Gasteiger partial charge is 0.271 e.